The minimum Gasteiger partial charge on any atom is -0.493 e. The minimum atomic E-state index is -0.218. The van der Waals surface area contributed by atoms with E-state index in [1.165, 1.54) is 0 Å². The number of aromatic nitrogens is 2. The predicted octanol–water partition coefficient (Wildman–Crippen LogP) is 1.42. The first kappa shape index (κ1) is 13.9. The molecule has 0 atom stereocenters. The van der Waals surface area contributed by atoms with E-state index >= 15 is 0 Å². The van der Waals surface area contributed by atoms with Crippen molar-refractivity contribution in [1.29, 1.82) is 0 Å². The van der Waals surface area contributed by atoms with Crippen LogP contribution in [-0.2, 0) is 11.3 Å². The number of H-pyrrole nitrogens is 1. The van der Waals surface area contributed by atoms with Gasteiger partial charge in [0.25, 0.3) is 5.91 Å². The summed E-state index contributed by atoms with van der Waals surface area (Å²) in [6.45, 7) is 2.24. The van der Waals surface area contributed by atoms with Crippen molar-refractivity contribution in [3.63, 3.8) is 0 Å². The number of carbonyl (C=O) groups excluding carboxylic acids is 1. The molecule has 1 amide bonds. The Morgan fingerprint density at radius 2 is 2.25 bits per heavy atom. The third kappa shape index (κ3) is 3.74. The molecule has 2 aromatic rings. The lowest BCUT2D eigenvalue weighted by atomic mass is 10.2. The van der Waals surface area contributed by atoms with Crippen LogP contribution in [0.15, 0.2) is 30.6 Å². The van der Waals surface area contributed by atoms with E-state index in [1.54, 1.807) is 25.6 Å². The van der Waals surface area contributed by atoms with E-state index < -0.39 is 0 Å². The average Bonchev–Trinajstić information content (AvgIpc) is 2.97. The number of amides is 1. The topological polar surface area (TPSA) is 76.2 Å². The number of imidazole rings is 1. The van der Waals surface area contributed by atoms with Crippen LogP contribution in [0.25, 0.3) is 0 Å². The zero-order valence-electron chi connectivity index (χ0n) is 11.5. The normalized spacial score (nSPS) is 10.1. The first-order chi connectivity index (χ1) is 9.69. The third-order valence-electron chi connectivity index (χ3n) is 2.69. The number of benzene rings is 1. The SMILES string of the molecule is COc1cc(C)ccc1OCC(=O)NCc1ncc[nH]1. The van der Waals surface area contributed by atoms with E-state index in [0.29, 0.717) is 23.9 Å². The zero-order chi connectivity index (χ0) is 14.4. The fourth-order valence-corrected chi connectivity index (χ4v) is 1.67. The molecular weight excluding hydrogens is 258 g/mol. The van der Waals surface area contributed by atoms with Gasteiger partial charge in [0.05, 0.1) is 13.7 Å². The lowest BCUT2D eigenvalue weighted by Crippen LogP contribution is -2.28. The van der Waals surface area contributed by atoms with E-state index in [2.05, 4.69) is 15.3 Å². The van der Waals surface area contributed by atoms with Gasteiger partial charge in [0.1, 0.15) is 5.82 Å². The van der Waals surface area contributed by atoms with Gasteiger partial charge in [-0.05, 0) is 24.6 Å². The van der Waals surface area contributed by atoms with E-state index in [-0.39, 0.29) is 12.5 Å². The molecule has 1 aromatic heterocycles. The lowest BCUT2D eigenvalue weighted by molar-refractivity contribution is -0.123. The molecule has 0 aliphatic heterocycles. The van der Waals surface area contributed by atoms with Gasteiger partial charge in [0, 0.05) is 12.4 Å². The first-order valence-electron chi connectivity index (χ1n) is 6.21. The highest BCUT2D eigenvalue weighted by Crippen LogP contribution is 2.27. The molecule has 0 aliphatic rings. The molecule has 0 unspecified atom stereocenters. The first-order valence-corrected chi connectivity index (χ1v) is 6.21. The summed E-state index contributed by atoms with van der Waals surface area (Å²) < 4.78 is 10.7. The molecule has 2 rings (SSSR count). The molecule has 0 spiro atoms. The van der Waals surface area contributed by atoms with Crippen LogP contribution in [0.3, 0.4) is 0 Å². The summed E-state index contributed by atoms with van der Waals surface area (Å²) >= 11 is 0. The molecule has 0 radical (unpaired) electrons. The number of carbonyl (C=O) groups is 1. The highest BCUT2D eigenvalue weighted by molar-refractivity contribution is 5.77. The number of hydrogen-bond acceptors (Lipinski definition) is 4. The van der Waals surface area contributed by atoms with Crippen LogP contribution in [0.1, 0.15) is 11.4 Å². The number of hydrogen-bond donors (Lipinski definition) is 2. The lowest BCUT2D eigenvalue weighted by Gasteiger charge is -2.11. The molecule has 106 valence electrons. The summed E-state index contributed by atoms with van der Waals surface area (Å²) in [7, 11) is 1.57. The Balaban J connectivity index is 1.84. The number of methoxy groups -OCH3 is 1. The van der Waals surface area contributed by atoms with Crippen molar-refractivity contribution in [3.8, 4) is 11.5 Å². The number of aryl methyl sites for hydroxylation is 1. The highest BCUT2D eigenvalue weighted by atomic mass is 16.5. The Bertz CT molecular complexity index is 567. The Morgan fingerprint density at radius 1 is 1.40 bits per heavy atom. The molecule has 1 aromatic carbocycles. The van der Waals surface area contributed by atoms with E-state index in [9.17, 15) is 4.79 Å². The van der Waals surface area contributed by atoms with Crippen LogP contribution < -0.4 is 14.8 Å². The Labute approximate surface area is 117 Å². The summed E-state index contributed by atoms with van der Waals surface area (Å²) in [5.41, 5.74) is 1.07. The minimum absolute atomic E-state index is 0.0693. The second kappa shape index (κ2) is 6.60. The van der Waals surface area contributed by atoms with Gasteiger partial charge in [0.15, 0.2) is 18.1 Å². The van der Waals surface area contributed by atoms with Crippen molar-refractivity contribution in [1.82, 2.24) is 15.3 Å². The molecule has 6 heteroatoms. The van der Waals surface area contributed by atoms with Crippen LogP contribution in [0.4, 0.5) is 0 Å². The van der Waals surface area contributed by atoms with Crippen molar-refractivity contribution in [2.45, 2.75) is 13.5 Å². The van der Waals surface area contributed by atoms with Crippen LogP contribution in [0, 0.1) is 6.92 Å². The molecule has 2 N–H and O–H groups in total. The van der Waals surface area contributed by atoms with Crippen molar-refractivity contribution in [3.05, 3.63) is 42.0 Å². The second-order valence-corrected chi connectivity index (χ2v) is 4.26. The summed E-state index contributed by atoms with van der Waals surface area (Å²) in [5, 5.41) is 2.71. The fourth-order valence-electron chi connectivity index (χ4n) is 1.67. The quantitative estimate of drug-likeness (QED) is 0.836. The zero-order valence-corrected chi connectivity index (χ0v) is 11.5. The van der Waals surface area contributed by atoms with Gasteiger partial charge in [-0.25, -0.2) is 4.98 Å². The summed E-state index contributed by atoms with van der Waals surface area (Å²) in [5.74, 6) is 1.64. The second-order valence-electron chi connectivity index (χ2n) is 4.26. The molecule has 20 heavy (non-hydrogen) atoms. The molecular formula is C14H17N3O3. The van der Waals surface area contributed by atoms with Gasteiger partial charge < -0.3 is 19.8 Å². The molecule has 0 aliphatic carbocycles. The van der Waals surface area contributed by atoms with Crippen LogP contribution >= 0.6 is 0 Å². The number of aromatic amines is 1. The van der Waals surface area contributed by atoms with Crippen molar-refractivity contribution >= 4 is 5.91 Å². The van der Waals surface area contributed by atoms with Crippen molar-refractivity contribution in [2.75, 3.05) is 13.7 Å². The molecule has 6 nitrogen and oxygen atoms in total. The molecule has 0 fully saturated rings. The highest BCUT2D eigenvalue weighted by Gasteiger charge is 2.08. The summed E-state index contributed by atoms with van der Waals surface area (Å²) in [6.07, 6.45) is 3.34. The van der Waals surface area contributed by atoms with Gasteiger partial charge in [-0.1, -0.05) is 6.07 Å². The van der Waals surface area contributed by atoms with Crippen molar-refractivity contribution < 1.29 is 14.3 Å². The maximum Gasteiger partial charge on any atom is 0.258 e. The number of nitrogens with zero attached hydrogens (tertiary/aromatic N) is 1. The summed E-state index contributed by atoms with van der Waals surface area (Å²) in [6, 6.07) is 5.54. The van der Waals surface area contributed by atoms with Crippen LogP contribution in [-0.4, -0.2) is 29.6 Å². The maximum absolute atomic E-state index is 11.7. The largest absolute Gasteiger partial charge is 0.493 e. The fraction of sp³-hybridized carbons (Fsp3) is 0.286. The van der Waals surface area contributed by atoms with Crippen molar-refractivity contribution in [2.24, 2.45) is 0 Å². The third-order valence-corrected chi connectivity index (χ3v) is 2.69. The monoisotopic (exact) mass is 275 g/mol. The standard InChI is InChI=1S/C14H17N3O3/c1-10-3-4-11(12(7-10)19-2)20-9-14(18)17-8-13-15-5-6-16-13/h3-7H,8-9H2,1-2H3,(H,15,16)(H,17,18). The van der Waals surface area contributed by atoms with Crippen LogP contribution in [0.2, 0.25) is 0 Å². The smallest absolute Gasteiger partial charge is 0.258 e. The van der Waals surface area contributed by atoms with Gasteiger partial charge in [0.2, 0.25) is 0 Å². The van der Waals surface area contributed by atoms with Crippen LogP contribution in [0.5, 0.6) is 11.5 Å². The van der Waals surface area contributed by atoms with Gasteiger partial charge in [-0.3, -0.25) is 4.79 Å². The Kier molecular flexibility index (Phi) is 4.60. The summed E-state index contributed by atoms with van der Waals surface area (Å²) in [4.78, 5) is 18.6. The van der Waals surface area contributed by atoms with E-state index in [1.807, 2.05) is 19.1 Å². The number of ether oxygens (including phenoxy) is 2. The molecule has 0 saturated carbocycles. The van der Waals surface area contributed by atoms with Gasteiger partial charge >= 0.3 is 0 Å². The maximum atomic E-state index is 11.7. The molecule has 0 saturated heterocycles. The number of rotatable bonds is 6. The number of nitrogens with one attached hydrogen (secondary N) is 2. The van der Waals surface area contributed by atoms with E-state index in [4.69, 9.17) is 9.47 Å². The predicted molar refractivity (Wildman–Crippen MR) is 73.7 cm³/mol. The average molecular weight is 275 g/mol. The molecule has 0 bridgehead atoms. The Hall–Kier alpha value is -2.50. The van der Waals surface area contributed by atoms with E-state index in [0.717, 1.165) is 5.56 Å². The Morgan fingerprint density at radius 3 is 2.95 bits per heavy atom. The molecule has 1 heterocycles. The van der Waals surface area contributed by atoms with Gasteiger partial charge in [-0.2, -0.15) is 0 Å². The van der Waals surface area contributed by atoms with Gasteiger partial charge in [-0.15, -0.1) is 0 Å².